The van der Waals surface area contributed by atoms with Gasteiger partial charge in [0.05, 0.1) is 0 Å². The fraction of sp³-hybridized carbons (Fsp3) is 0.600. The van der Waals surface area contributed by atoms with E-state index >= 15 is 0 Å². The maximum Gasteiger partial charge on any atom is 0.349 e. The number of amidine groups is 1. The summed E-state index contributed by atoms with van der Waals surface area (Å²) in [6.07, 6.45) is 0. The predicted molar refractivity (Wildman–Crippen MR) is 42.9 cm³/mol. The molecule has 0 saturated carbocycles. The third-order valence-electron chi connectivity index (χ3n) is 1.33. The van der Waals surface area contributed by atoms with Crippen LogP contribution >= 0.6 is 0 Å². The van der Waals surface area contributed by atoms with Crippen LogP contribution < -0.4 is 5.32 Å². The number of carbonyl (C=O) groups excluding carboxylic acids is 1. The van der Waals surface area contributed by atoms with Crippen LogP contribution in [0.3, 0.4) is 0 Å². The van der Waals surface area contributed by atoms with Gasteiger partial charge in [0.15, 0.2) is 0 Å². The number of rotatable bonds is 1. The lowest BCUT2D eigenvalue weighted by Gasteiger charge is -2.22. The molecule has 0 aliphatic carbocycles. The van der Waals surface area contributed by atoms with E-state index in [1.807, 2.05) is 0 Å². The summed E-state index contributed by atoms with van der Waals surface area (Å²) in [5.41, 5.74) is 0. The molecule has 0 spiro atoms. The van der Waals surface area contributed by atoms with Crippen molar-refractivity contribution in [3.8, 4) is 0 Å². The van der Waals surface area contributed by atoms with E-state index in [0.717, 1.165) is 0 Å². The molecule has 2 amide bonds. The van der Waals surface area contributed by atoms with Crippen LogP contribution in [-0.4, -0.2) is 31.1 Å². The zero-order valence-electron chi connectivity index (χ0n) is 6.73. The molecule has 0 aromatic rings. The topological polar surface area (TPSA) is 78.8 Å². The standard InChI is InChI=1S/C5H9N3O3S/c1-3-8-5(9)6-4(2)7-12(8,10)11/h3H2,1-2H3,(H,6,7,9). The molecule has 1 rings (SSSR count). The second-order valence-corrected chi connectivity index (χ2v) is 3.77. The maximum absolute atomic E-state index is 11.1. The van der Waals surface area contributed by atoms with Crippen LogP contribution in [0, 0.1) is 0 Å². The zero-order valence-corrected chi connectivity index (χ0v) is 7.55. The van der Waals surface area contributed by atoms with Crippen molar-refractivity contribution in [1.29, 1.82) is 0 Å². The van der Waals surface area contributed by atoms with Gasteiger partial charge >= 0.3 is 16.2 Å². The SMILES string of the molecule is CCN1C(=O)NC(C)=NS1(=O)=O. The number of nitrogens with one attached hydrogen (secondary N) is 1. The quantitative estimate of drug-likeness (QED) is 0.617. The Morgan fingerprint density at radius 2 is 2.17 bits per heavy atom. The Morgan fingerprint density at radius 3 is 2.58 bits per heavy atom. The lowest BCUT2D eigenvalue weighted by atomic mass is 10.6. The Morgan fingerprint density at radius 1 is 1.58 bits per heavy atom. The van der Waals surface area contributed by atoms with Crippen molar-refractivity contribution < 1.29 is 13.2 Å². The highest BCUT2D eigenvalue weighted by Gasteiger charge is 2.29. The highest BCUT2D eigenvalue weighted by molar-refractivity contribution is 7.88. The van der Waals surface area contributed by atoms with Gasteiger partial charge < -0.3 is 0 Å². The Balaban J connectivity index is 3.14. The van der Waals surface area contributed by atoms with Crippen LogP contribution in [-0.2, 0) is 10.2 Å². The van der Waals surface area contributed by atoms with Gasteiger partial charge in [-0.05, 0) is 13.8 Å². The van der Waals surface area contributed by atoms with Gasteiger partial charge in [0.25, 0.3) is 0 Å². The van der Waals surface area contributed by atoms with Crippen LogP contribution in [0.5, 0.6) is 0 Å². The van der Waals surface area contributed by atoms with E-state index in [-0.39, 0.29) is 12.4 Å². The molecule has 1 aliphatic heterocycles. The Bertz CT molecular complexity index is 332. The van der Waals surface area contributed by atoms with Gasteiger partial charge in [-0.1, -0.05) is 0 Å². The smallest absolute Gasteiger partial charge is 0.294 e. The molecule has 68 valence electrons. The Hall–Kier alpha value is -1.11. The first-order chi connectivity index (χ1) is 5.47. The number of hydrogen-bond donors (Lipinski definition) is 1. The molecule has 0 atom stereocenters. The molecule has 12 heavy (non-hydrogen) atoms. The number of carbonyl (C=O) groups is 1. The third-order valence-corrected chi connectivity index (χ3v) is 2.82. The summed E-state index contributed by atoms with van der Waals surface area (Å²) < 4.78 is 26.2. The average Bonchev–Trinajstić information content (AvgIpc) is 1.82. The van der Waals surface area contributed by atoms with Crippen molar-refractivity contribution >= 4 is 22.1 Å². The zero-order chi connectivity index (χ0) is 9.35. The molecule has 0 unspecified atom stereocenters. The minimum Gasteiger partial charge on any atom is -0.294 e. The molecule has 0 aromatic heterocycles. The fourth-order valence-corrected chi connectivity index (χ4v) is 1.95. The molecule has 7 heteroatoms. The van der Waals surface area contributed by atoms with Crippen LogP contribution in [0.25, 0.3) is 0 Å². The minimum absolute atomic E-state index is 0.0882. The Labute approximate surface area is 70.5 Å². The number of nitrogens with zero attached hydrogens (tertiary/aromatic N) is 2. The molecular formula is C5H9N3O3S. The number of hydrogen-bond acceptors (Lipinski definition) is 3. The molecule has 1 N–H and O–H groups in total. The van der Waals surface area contributed by atoms with Gasteiger partial charge in [-0.3, -0.25) is 5.32 Å². The second-order valence-electron chi connectivity index (χ2n) is 2.25. The van der Waals surface area contributed by atoms with Crippen molar-refractivity contribution in [1.82, 2.24) is 9.62 Å². The first kappa shape index (κ1) is 8.98. The molecule has 0 radical (unpaired) electrons. The normalized spacial score (nSPS) is 21.7. The van der Waals surface area contributed by atoms with E-state index in [9.17, 15) is 13.2 Å². The van der Waals surface area contributed by atoms with Crippen molar-refractivity contribution in [2.24, 2.45) is 4.40 Å². The minimum atomic E-state index is -3.76. The van der Waals surface area contributed by atoms with Crippen molar-refractivity contribution in [3.63, 3.8) is 0 Å². The second kappa shape index (κ2) is 2.74. The molecule has 0 aromatic carbocycles. The van der Waals surface area contributed by atoms with Crippen LogP contribution in [0.2, 0.25) is 0 Å². The summed E-state index contributed by atoms with van der Waals surface area (Å²) in [5.74, 6) is 0.102. The van der Waals surface area contributed by atoms with E-state index in [1.165, 1.54) is 6.92 Å². The molecule has 1 heterocycles. The van der Waals surface area contributed by atoms with Gasteiger partial charge in [-0.2, -0.15) is 8.42 Å². The van der Waals surface area contributed by atoms with Crippen LogP contribution in [0.4, 0.5) is 4.79 Å². The van der Waals surface area contributed by atoms with Gasteiger partial charge in [0.1, 0.15) is 5.84 Å². The molecule has 0 saturated heterocycles. The highest BCUT2D eigenvalue weighted by Crippen LogP contribution is 2.07. The monoisotopic (exact) mass is 191 g/mol. The largest absolute Gasteiger partial charge is 0.349 e. The summed E-state index contributed by atoms with van der Waals surface area (Å²) in [6, 6.07) is -0.648. The van der Waals surface area contributed by atoms with Gasteiger partial charge in [0.2, 0.25) is 0 Å². The summed E-state index contributed by atoms with van der Waals surface area (Å²) in [6.45, 7) is 3.07. The lowest BCUT2D eigenvalue weighted by Crippen LogP contribution is -2.49. The van der Waals surface area contributed by atoms with Crippen LogP contribution in [0.1, 0.15) is 13.8 Å². The molecule has 0 bridgehead atoms. The molecule has 6 nitrogen and oxygen atoms in total. The van der Waals surface area contributed by atoms with Crippen molar-refractivity contribution in [3.05, 3.63) is 0 Å². The van der Waals surface area contributed by atoms with E-state index in [0.29, 0.717) is 4.31 Å². The first-order valence-electron chi connectivity index (χ1n) is 3.37. The average molecular weight is 191 g/mol. The number of amides is 2. The first-order valence-corrected chi connectivity index (χ1v) is 4.77. The third kappa shape index (κ3) is 1.40. The van der Waals surface area contributed by atoms with E-state index in [4.69, 9.17) is 0 Å². The fourth-order valence-electron chi connectivity index (χ4n) is 0.874. The summed E-state index contributed by atoms with van der Waals surface area (Å²) in [5, 5.41) is 2.29. The molecule has 0 fully saturated rings. The van der Waals surface area contributed by atoms with E-state index in [1.54, 1.807) is 6.92 Å². The maximum atomic E-state index is 11.1. The number of urea groups is 1. The lowest BCUT2D eigenvalue weighted by molar-refractivity contribution is 0.228. The van der Waals surface area contributed by atoms with E-state index in [2.05, 4.69) is 9.71 Å². The molecular weight excluding hydrogens is 182 g/mol. The van der Waals surface area contributed by atoms with Crippen molar-refractivity contribution in [2.45, 2.75) is 13.8 Å². The highest BCUT2D eigenvalue weighted by atomic mass is 32.2. The summed E-state index contributed by atoms with van der Waals surface area (Å²) in [4.78, 5) is 11.0. The summed E-state index contributed by atoms with van der Waals surface area (Å²) >= 11 is 0. The van der Waals surface area contributed by atoms with Crippen molar-refractivity contribution in [2.75, 3.05) is 6.54 Å². The van der Waals surface area contributed by atoms with Gasteiger partial charge in [-0.15, -0.1) is 4.40 Å². The van der Waals surface area contributed by atoms with Gasteiger partial charge in [0, 0.05) is 6.54 Å². The molecule has 1 aliphatic rings. The Kier molecular flexibility index (Phi) is 2.05. The van der Waals surface area contributed by atoms with E-state index < -0.39 is 16.2 Å². The predicted octanol–water partition coefficient (Wildman–Crippen LogP) is -0.305. The van der Waals surface area contributed by atoms with Crippen LogP contribution in [0.15, 0.2) is 4.40 Å². The van der Waals surface area contributed by atoms with Gasteiger partial charge in [-0.25, -0.2) is 9.10 Å². The summed E-state index contributed by atoms with van der Waals surface area (Å²) in [7, 11) is -3.76.